The Morgan fingerprint density at radius 2 is 0.466 bits per heavy atom. The summed E-state index contributed by atoms with van der Waals surface area (Å²) in [6, 6.07) is 0. The Kier molecular flexibility index (Phi) is 71.5. The van der Waals surface area contributed by atoms with Gasteiger partial charge in [-0.25, -0.2) is 9.13 Å². The zero-order valence-electron chi connectivity index (χ0n) is 68.0. The minimum Gasteiger partial charge on any atom is -0.462 e. The van der Waals surface area contributed by atoms with E-state index in [1.165, 1.54) is 231 Å². The molecule has 19 heteroatoms. The number of ether oxygens (including phenoxy) is 4. The molecule has 0 bridgehead atoms. The Balaban J connectivity index is 5.17. The molecule has 612 valence electrons. The van der Waals surface area contributed by atoms with Gasteiger partial charge in [0.2, 0.25) is 0 Å². The molecule has 0 aromatic carbocycles. The Morgan fingerprint density at radius 1 is 0.272 bits per heavy atom. The lowest BCUT2D eigenvalue weighted by Crippen LogP contribution is -2.30. The Labute approximate surface area is 632 Å². The van der Waals surface area contributed by atoms with Gasteiger partial charge in [0.25, 0.3) is 0 Å². The third-order valence-corrected chi connectivity index (χ3v) is 22.2. The third kappa shape index (κ3) is 75.3. The van der Waals surface area contributed by atoms with E-state index in [-0.39, 0.29) is 25.7 Å². The van der Waals surface area contributed by atoms with Crippen LogP contribution in [0.15, 0.2) is 0 Å². The van der Waals surface area contributed by atoms with Crippen molar-refractivity contribution in [3.8, 4) is 0 Å². The quantitative estimate of drug-likeness (QED) is 0.0222. The van der Waals surface area contributed by atoms with Crippen LogP contribution in [0.25, 0.3) is 0 Å². The first kappa shape index (κ1) is 101. The molecule has 0 amide bonds. The molecule has 0 heterocycles. The second-order valence-corrected chi connectivity index (χ2v) is 34.6. The number of unbranched alkanes of at least 4 members (excludes halogenated alkanes) is 45. The zero-order valence-corrected chi connectivity index (χ0v) is 69.7. The van der Waals surface area contributed by atoms with Crippen LogP contribution >= 0.6 is 15.6 Å². The van der Waals surface area contributed by atoms with Crippen LogP contribution in [0.1, 0.15) is 434 Å². The lowest BCUT2D eigenvalue weighted by molar-refractivity contribution is -0.161. The molecule has 0 saturated heterocycles. The predicted octanol–water partition coefficient (Wildman–Crippen LogP) is 25.2. The number of aliphatic hydroxyl groups excluding tert-OH is 1. The van der Waals surface area contributed by atoms with E-state index >= 15 is 0 Å². The molecule has 0 rings (SSSR count). The minimum absolute atomic E-state index is 0.106. The highest BCUT2D eigenvalue weighted by atomic mass is 31.2. The number of carbonyl (C=O) groups excluding carboxylic acids is 4. The molecule has 0 fully saturated rings. The SMILES string of the molecule is CCC(C)CCCCCCCCCCCCCCCCCCCCC(=O)OC[C@H](COP(=O)(O)OCC(O)COP(=O)(O)OC[C@@H](COC(=O)CCCCCCCCC(C)C)OC(=O)CCCCCCCCCCCCCCCCCC(C)C)OC(=O)CCCCCCCCCCCCC(C)CC. The number of carbonyl (C=O) groups is 4. The second kappa shape index (κ2) is 72.9. The van der Waals surface area contributed by atoms with Crippen molar-refractivity contribution in [1.82, 2.24) is 0 Å². The van der Waals surface area contributed by atoms with Crippen LogP contribution in [0.2, 0.25) is 0 Å². The molecule has 7 atom stereocenters. The topological polar surface area (TPSA) is 237 Å². The molecule has 17 nitrogen and oxygen atoms in total. The smallest absolute Gasteiger partial charge is 0.462 e. The summed E-state index contributed by atoms with van der Waals surface area (Å²) in [5, 5.41) is 10.7. The summed E-state index contributed by atoms with van der Waals surface area (Å²) in [4.78, 5) is 73.1. The van der Waals surface area contributed by atoms with E-state index in [4.69, 9.17) is 37.0 Å². The Bertz CT molecular complexity index is 2010. The highest BCUT2D eigenvalue weighted by Gasteiger charge is 2.30. The van der Waals surface area contributed by atoms with Gasteiger partial charge in [-0.2, -0.15) is 0 Å². The summed E-state index contributed by atoms with van der Waals surface area (Å²) in [6.07, 6.45) is 61.2. The van der Waals surface area contributed by atoms with Gasteiger partial charge >= 0.3 is 39.5 Å². The number of phosphoric ester groups is 2. The minimum atomic E-state index is -4.96. The molecule has 3 N–H and O–H groups in total. The lowest BCUT2D eigenvalue weighted by Gasteiger charge is -2.21. The first-order valence-electron chi connectivity index (χ1n) is 43.3. The fourth-order valence-electron chi connectivity index (χ4n) is 12.9. The monoisotopic (exact) mass is 1510 g/mol. The summed E-state index contributed by atoms with van der Waals surface area (Å²) >= 11 is 0. The van der Waals surface area contributed by atoms with Crippen molar-refractivity contribution in [1.29, 1.82) is 0 Å². The van der Waals surface area contributed by atoms with Crippen molar-refractivity contribution in [2.45, 2.75) is 453 Å². The fourth-order valence-corrected chi connectivity index (χ4v) is 14.5. The van der Waals surface area contributed by atoms with Crippen molar-refractivity contribution >= 4 is 39.5 Å². The summed E-state index contributed by atoms with van der Waals surface area (Å²) < 4.78 is 68.8. The molecule has 0 aliphatic rings. The van der Waals surface area contributed by atoms with Crippen molar-refractivity contribution < 1.29 is 80.2 Å². The normalized spacial score (nSPS) is 14.5. The van der Waals surface area contributed by atoms with Gasteiger partial charge in [-0.3, -0.25) is 37.3 Å². The molecule has 0 aliphatic heterocycles. The van der Waals surface area contributed by atoms with Gasteiger partial charge in [0.05, 0.1) is 26.4 Å². The van der Waals surface area contributed by atoms with Crippen LogP contribution in [-0.4, -0.2) is 96.7 Å². The lowest BCUT2D eigenvalue weighted by atomic mass is 9.99. The highest BCUT2D eigenvalue weighted by Crippen LogP contribution is 2.45. The first-order chi connectivity index (χ1) is 49.7. The van der Waals surface area contributed by atoms with Crippen LogP contribution in [-0.2, 0) is 65.4 Å². The van der Waals surface area contributed by atoms with E-state index in [1.807, 2.05) is 0 Å². The number of phosphoric acid groups is 2. The molecular weight excluding hydrogens is 1340 g/mol. The Morgan fingerprint density at radius 3 is 0.689 bits per heavy atom. The van der Waals surface area contributed by atoms with Gasteiger partial charge in [-0.05, 0) is 49.4 Å². The van der Waals surface area contributed by atoms with Crippen molar-refractivity contribution in [2.75, 3.05) is 39.6 Å². The van der Waals surface area contributed by atoms with E-state index < -0.39 is 97.5 Å². The van der Waals surface area contributed by atoms with Gasteiger partial charge in [-0.15, -0.1) is 0 Å². The molecule has 0 spiro atoms. The number of aliphatic hydroxyl groups is 1. The third-order valence-electron chi connectivity index (χ3n) is 20.3. The van der Waals surface area contributed by atoms with E-state index in [2.05, 4.69) is 55.4 Å². The summed E-state index contributed by atoms with van der Waals surface area (Å²) in [6.45, 7) is 14.3. The van der Waals surface area contributed by atoms with E-state index in [0.717, 1.165) is 114 Å². The van der Waals surface area contributed by atoms with Crippen LogP contribution in [0, 0.1) is 23.7 Å². The van der Waals surface area contributed by atoms with Gasteiger partial charge in [-0.1, -0.05) is 383 Å². The standard InChI is InChI=1S/C84H164O17P2/c1-9-76(7)62-54-46-37-31-25-21-17-13-11-12-14-18-22-26-33-39-48-56-64-81(86)94-70-79(100-84(89)67-59-51-41-35-29-28-32-38-47-55-63-77(8)10-2)72-98-102(90,91)96-68-78(85)69-97-103(92,93)99-73-80(71-95-82(87)65-57-49-43-42-45-53-61-75(5)6)101-83(88)66-58-50-40-34-27-23-19-15-16-20-24-30-36-44-52-60-74(3)4/h74-80,85H,9-73H2,1-8H3,(H,90,91)(H,92,93)/t76?,77?,78?,79-,80-/m1/s1. The predicted molar refractivity (Wildman–Crippen MR) is 423 cm³/mol. The molecular formula is C84H164O17P2. The average Bonchev–Trinajstić information content (AvgIpc) is 1.02. The maximum Gasteiger partial charge on any atom is 0.472 e. The summed E-state index contributed by atoms with van der Waals surface area (Å²) in [5.74, 6) is 1.05. The molecule has 0 aromatic rings. The molecule has 5 unspecified atom stereocenters. The highest BCUT2D eigenvalue weighted by molar-refractivity contribution is 7.47. The number of rotatable bonds is 81. The molecule has 0 saturated carbocycles. The average molecular weight is 1510 g/mol. The Hall–Kier alpha value is -1.94. The van der Waals surface area contributed by atoms with Crippen molar-refractivity contribution in [3.63, 3.8) is 0 Å². The maximum absolute atomic E-state index is 13.1. The number of esters is 4. The molecule has 103 heavy (non-hydrogen) atoms. The second-order valence-electron chi connectivity index (χ2n) is 31.7. The maximum atomic E-state index is 13.1. The van der Waals surface area contributed by atoms with Crippen molar-refractivity contribution in [3.05, 3.63) is 0 Å². The van der Waals surface area contributed by atoms with Crippen LogP contribution in [0.4, 0.5) is 0 Å². The summed E-state index contributed by atoms with van der Waals surface area (Å²) in [5.41, 5.74) is 0. The zero-order chi connectivity index (χ0) is 76.0. The largest absolute Gasteiger partial charge is 0.472 e. The van der Waals surface area contributed by atoms with E-state index in [0.29, 0.717) is 31.6 Å². The fraction of sp³-hybridized carbons (Fsp3) is 0.952. The first-order valence-corrected chi connectivity index (χ1v) is 46.3. The van der Waals surface area contributed by atoms with Gasteiger partial charge in [0.1, 0.15) is 19.3 Å². The number of hydrogen-bond donors (Lipinski definition) is 3. The molecule has 0 aliphatic carbocycles. The van der Waals surface area contributed by atoms with Crippen molar-refractivity contribution in [2.24, 2.45) is 23.7 Å². The summed E-state index contributed by atoms with van der Waals surface area (Å²) in [7, 11) is -9.92. The van der Waals surface area contributed by atoms with E-state index in [1.54, 1.807) is 0 Å². The van der Waals surface area contributed by atoms with Crippen LogP contribution in [0.5, 0.6) is 0 Å². The van der Waals surface area contributed by atoms with Crippen LogP contribution in [0.3, 0.4) is 0 Å². The van der Waals surface area contributed by atoms with Gasteiger partial charge < -0.3 is 33.8 Å². The number of hydrogen-bond acceptors (Lipinski definition) is 15. The van der Waals surface area contributed by atoms with Crippen LogP contribution < -0.4 is 0 Å². The van der Waals surface area contributed by atoms with Gasteiger partial charge in [0.15, 0.2) is 12.2 Å². The molecule has 0 radical (unpaired) electrons. The van der Waals surface area contributed by atoms with E-state index in [9.17, 15) is 43.2 Å². The molecule has 0 aromatic heterocycles. The van der Waals surface area contributed by atoms with Gasteiger partial charge in [0, 0.05) is 25.7 Å².